The topological polar surface area (TPSA) is 18.5 Å². The Bertz CT molecular complexity index is 1100. The summed E-state index contributed by atoms with van der Waals surface area (Å²) in [7, 11) is 0. The Morgan fingerprint density at radius 1 is 0.857 bits per heavy atom. The fraction of sp³-hybridized carbons (Fsp3) is 0.355. The average Bonchev–Trinajstić information content (AvgIpc) is 2.90. The Hall–Kier alpha value is -3.14. The minimum atomic E-state index is -0.955. The number of hydrogen-bond donors (Lipinski definition) is 0. The van der Waals surface area contributed by atoms with Crippen molar-refractivity contribution in [1.82, 2.24) is 0 Å². The average molecular weight is 477 g/mol. The maximum Gasteiger partial charge on any atom is 0.201 e. The molecule has 4 heteroatoms. The maximum atomic E-state index is 14.5. The van der Waals surface area contributed by atoms with Gasteiger partial charge in [-0.15, -0.1) is 6.58 Å². The first-order valence-corrected chi connectivity index (χ1v) is 12.6. The maximum absolute atomic E-state index is 14.5. The highest BCUT2D eigenvalue weighted by Gasteiger charge is 2.23. The lowest BCUT2D eigenvalue weighted by Gasteiger charge is -2.29. The lowest BCUT2D eigenvalue weighted by Crippen LogP contribution is -2.19. The smallest absolute Gasteiger partial charge is 0.201 e. The summed E-state index contributed by atoms with van der Waals surface area (Å²) in [4.78, 5) is 0. The Labute approximate surface area is 207 Å². The van der Waals surface area contributed by atoms with Gasteiger partial charge in [-0.2, -0.15) is 4.39 Å². The molecule has 0 aromatic heterocycles. The van der Waals surface area contributed by atoms with Gasteiger partial charge >= 0.3 is 0 Å². The molecule has 3 aromatic rings. The molecule has 3 aromatic carbocycles. The number of aryl methyl sites for hydroxylation is 1. The summed E-state index contributed by atoms with van der Waals surface area (Å²) in [6, 6.07) is 19.3. The van der Waals surface area contributed by atoms with Crippen LogP contribution in [0.25, 0.3) is 11.1 Å². The standard InChI is InChI=1S/C31H34F2O2/c1-3-5-6-22-7-11-24(12-8-22)25-13-9-23(10-14-25)21-35-27-17-15-26(16-18-27)28-19-20-29(34-4-2)31(33)30(28)32/h3,7-8,11-12,15-20,23,25H,1,4-6,9-10,13-14,21H2,2H3. The Balaban J connectivity index is 1.27. The highest BCUT2D eigenvalue weighted by atomic mass is 19.2. The Kier molecular flexibility index (Phi) is 8.57. The fourth-order valence-corrected chi connectivity index (χ4v) is 4.85. The van der Waals surface area contributed by atoms with Crippen molar-refractivity contribution in [3.8, 4) is 22.6 Å². The van der Waals surface area contributed by atoms with Crippen LogP contribution >= 0.6 is 0 Å². The van der Waals surface area contributed by atoms with Crippen molar-refractivity contribution in [3.05, 3.63) is 96.1 Å². The van der Waals surface area contributed by atoms with Gasteiger partial charge in [0, 0.05) is 5.56 Å². The number of allylic oxidation sites excluding steroid dienone is 1. The minimum Gasteiger partial charge on any atom is -0.493 e. The van der Waals surface area contributed by atoms with Crippen LogP contribution < -0.4 is 9.47 Å². The SMILES string of the molecule is C=CCCc1ccc(C2CCC(COc3ccc(-c4ccc(OCC)c(F)c4F)cc3)CC2)cc1. The molecule has 1 aliphatic carbocycles. The molecule has 2 nitrogen and oxygen atoms in total. The van der Waals surface area contributed by atoms with E-state index in [-0.39, 0.29) is 17.9 Å². The highest BCUT2D eigenvalue weighted by Crippen LogP contribution is 2.36. The highest BCUT2D eigenvalue weighted by molar-refractivity contribution is 5.66. The van der Waals surface area contributed by atoms with E-state index in [4.69, 9.17) is 9.47 Å². The van der Waals surface area contributed by atoms with Gasteiger partial charge in [0.2, 0.25) is 5.82 Å². The molecule has 1 fully saturated rings. The largest absolute Gasteiger partial charge is 0.493 e. The van der Waals surface area contributed by atoms with Gasteiger partial charge in [0.05, 0.1) is 13.2 Å². The number of rotatable bonds is 10. The van der Waals surface area contributed by atoms with E-state index in [1.54, 1.807) is 25.1 Å². The quantitative estimate of drug-likeness (QED) is 0.273. The summed E-state index contributed by atoms with van der Waals surface area (Å²) in [6.45, 7) is 6.50. The predicted octanol–water partition coefficient (Wildman–Crippen LogP) is 8.50. The van der Waals surface area contributed by atoms with E-state index in [9.17, 15) is 8.78 Å². The van der Waals surface area contributed by atoms with E-state index in [1.807, 2.05) is 18.2 Å². The van der Waals surface area contributed by atoms with Crippen molar-refractivity contribution in [3.63, 3.8) is 0 Å². The van der Waals surface area contributed by atoms with Crippen LogP contribution in [0.2, 0.25) is 0 Å². The third-order valence-electron chi connectivity index (χ3n) is 6.93. The van der Waals surface area contributed by atoms with Crippen molar-refractivity contribution < 1.29 is 18.3 Å². The molecule has 0 atom stereocenters. The molecule has 1 aliphatic rings. The lowest BCUT2D eigenvalue weighted by atomic mass is 9.79. The van der Waals surface area contributed by atoms with E-state index in [0.29, 0.717) is 24.0 Å². The normalized spacial score (nSPS) is 17.7. The van der Waals surface area contributed by atoms with E-state index in [2.05, 4.69) is 30.8 Å². The summed E-state index contributed by atoms with van der Waals surface area (Å²) < 4.78 is 39.9. The summed E-state index contributed by atoms with van der Waals surface area (Å²) in [5.74, 6) is -0.00251. The first-order valence-electron chi connectivity index (χ1n) is 12.6. The second-order valence-electron chi connectivity index (χ2n) is 9.29. The zero-order valence-electron chi connectivity index (χ0n) is 20.4. The molecular weight excluding hydrogens is 442 g/mol. The summed E-state index contributed by atoms with van der Waals surface area (Å²) in [5.41, 5.74) is 3.63. The first kappa shape index (κ1) is 25.0. The lowest BCUT2D eigenvalue weighted by molar-refractivity contribution is 0.200. The molecule has 1 saturated carbocycles. The molecule has 184 valence electrons. The Morgan fingerprint density at radius 3 is 2.23 bits per heavy atom. The summed E-state index contributed by atoms with van der Waals surface area (Å²) in [5, 5.41) is 0. The molecule has 0 amide bonds. The van der Waals surface area contributed by atoms with Gasteiger partial charge in [-0.05, 0) is 98.2 Å². The second kappa shape index (κ2) is 12.0. The van der Waals surface area contributed by atoms with Crippen LogP contribution in [0.3, 0.4) is 0 Å². The monoisotopic (exact) mass is 476 g/mol. The second-order valence-corrected chi connectivity index (χ2v) is 9.29. The van der Waals surface area contributed by atoms with E-state index in [1.165, 1.54) is 30.0 Å². The van der Waals surface area contributed by atoms with Crippen LogP contribution in [0.1, 0.15) is 56.1 Å². The van der Waals surface area contributed by atoms with Crippen LogP contribution in [0.15, 0.2) is 73.3 Å². The molecule has 35 heavy (non-hydrogen) atoms. The van der Waals surface area contributed by atoms with Crippen LogP contribution in [0.5, 0.6) is 11.5 Å². The predicted molar refractivity (Wildman–Crippen MR) is 138 cm³/mol. The first-order chi connectivity index (χ1) is 17.1. The minimum absolute atomic E-state index is 0.0658. The van der Waals surface area contributed by atoms with Gasteiger partial charge in [-0.1, -0.05) is 42.5 Å². The molecular formula is C31H34F2O2. The summed E-state index contributed by atoms with van der Waals surface area (Å²) in [6.07, 6.45) is 8.71. The molecule has 0 spiro atoms. The zero-order valence-corrected chi connectivity index (χ0v) is 20.4. The third kappa shape index (κ3) is 6.30. The van der Waals surface area contributed by atoms with Crippen molar-refractivity contribution in [1.29, 1.82) is 0 Å². The molecule has 0 N–H and O–H groups in total. The molecule has 0 heterocycles. The van der Waals surface area contributed by atoms with Crippen LogP contribution in [-0.4, -0.2) is 13.2 Å². The van der Waals surface area contributed by atoms with E-state index >= 15 is 0 Å². The van der Waals surface area contributed by atoms with Crippen LogP contribution in [0, 0.1) is 17.6 Å². The Morgan fingerprint density at radius 2 is 1.57 bits per heavy atom. The number of hydrogen-bond acceptors (Lipinski definition) is 2. The number of halogens is 2. The zero-order chi connectivity index (χ0) is 24.6. The van der Waals surface area contributed by atoms with Gasteiger partial charge in [0.1, 0.15) is 5.75 Å². The molecule has 0 bridgehead atoms. The molecule has 0 radical (unpaired) electrons. The van der Waals surface area contributed by atoms with E-state index < -0.39 is 11.6 Å². The van der Waals surface area contributed by atoms with Crippen molar-refractivity contribution in [2.75, 3.05) is 13.2 Å². The van der Waals surface area contributed by atoms with Gasteiger partial charge in [-0.3, -0.25) is 0 Å². The summed E-state index contributed by atoms with van der Waals surface area (Å²) >= 11 is 0. The van der Waals surface area contributed by atoms with Gasteiger partial charge in [0.15, 0.2) is 11.6 Å². The number of benzene rings is 3. The molecule has 0 unspecified atom stereocenters. The van der Waals surface area contributed by atoms with E-state index in [0.717, 1.165) is 31.4 Å². The molecule has 4 rings (SSSR count). The van der Waals surface area contributed by atoms with Gasteiger partial charge in [-0.25, -0.2) is 4.39 Å². The third-order valence-corrected chi connectivity index (χ3v) is 6.93. The van der Waals surface area contributed by atoms with Crippen molar-refractivity contribution >= 4 is 0 Å². The van der Waals surface area contributed by atoms with Gasteiger partial charge < -0.3 is 9.47 Å². The van der Waals surface area contributed by atoms with Crippen molar-refractivity contribution in [2.45, 2.75) is 51.4 Å². The van der Waals surface area contributed by atoms with Gasteiger partial charge in [0.25, 0.3) is 0 Å². The fourth-order valence-electron chi connectivity index (χ4n) is 4.85. The number of ether oxygens (including phenoxy) is 2. The van der Waals surface area contributed by atoms with Crippen LogP contribution in [-0.2, 0) is 6.42 Å². The molecule has 0 aliphatic heterocycles. The molecule has 0 saturated heterocycles. The van der Waals surface area contributed by atoms with Crippen molar-refractivity contribution in [2.24, 2.45) is 5.92 Å². The van der Waals surface area contributed by atoms with Crippen LogP contribution in [0.4, 0.5) is 8.78 Å².